The van der Waals surface area contributed by atoms with Gasteiger partial charge in [-0.25, -0.2) is 5.11 Å². The van der Waals surface area contributed by atoms with Crippen LogP contribution in [0.15, 0.2) is 0 Å². The van der Waals surface area contributed by atoms with Gasteiger partial charge in [0.25, 0.3) is 0 Å². The molecule has 0 saturated carbocycles. The summed E-state index contributed by atoms with van der Waals surface area (Å²) >= 11 is 1.96. The van der Waals surface area contributed by atoms with Crippen LogP contribution >= 0.6 is 11.8 Å². The molecule has 0 fully saturated rings. The van der Waals surface area contributed by atoms with Crippen molar-refractivity contribution in [2.45, 2.75) is 141 Å². The van der Waals surface area contributed by atoms with Crippen LogP contribution in [0.5, 0.6) is 0 Å². The van der Waals surface area contributed by atoms with Crippen LogP contribution < -0.4 is 0 Å². The van der Waals surface area contributed by atoms with Gasteiger partial charge in [-0.05, 0) is 25.5 Å². The first-order chi connectivity index (χ1) is 12.2. The van der Waals surface area contributed by atoms with Gasteiger partial charge in [-0.2, -0.15) is 11.8 Å². The van der Waals surface area contributed by atoms with Gasteiger partial charge in [0.15, 0.2) is 0 Å². The molecule has 0 rings (SSSR count). The third-order valence-corrected chi connectivity index (χ3v) is 6.77. The lowest BCUT2D eigenvalue weighted by atomic mass is 10.1. The van der Waals surface area contributed by atoms with Crippen LogP contribution in [0.3, 0.4) is 0 Å². The van der Waals surface area contributed by atoms with Crippen molar-refractivity contribution in [2.75, 3.05) is 5.75 Å². The Morgan fingerprint density at radius 1 is 0.600 bits per heavy atom. The van der Waals surface area contributed by atoms with Crippen LogP contribution in [-0.2, 0) is 5.11 Å². The molecule has 2 heteroatoms. The van der Waals surface area contributed by atoms with Crippen LogP contribution in [0.25, 0.3) is 0 Å². The minimum atomic E-state index is -0.399. The van der Waals surface area contributed by atoms with E-state index in [1.807, 2.05) is 18.7 Å². The van der Waals surface area contributed by atoms with E-state index in [0.717, 1.165) is 6.42 Å². The lowest BCUT2D eigenvalue weighted by Crippen LogP contribution is -2.18. The zero-order valence-corrected chi connectivity index (χ0v) is 18.5. The summed E-state index contributed by atoms with van der Waals surface area (Å²) < 4.78 is 0. The minimum Gasteiger partial charge on any atom is -0.232 e. The highest BCUT2D eigenvalue weighted by Gasteiger charge is 2.16. The van der Waals surface area contributed by atoms with Crippen LogP contribution in [0, 0.1) is 0 Å². The highest BCUT2D eigenvalue weighted by atomic mass is 32.2. The van der Waals surface area contributed by atoms with Gasteiger partial charge in [-0.15, -0.1) is 0 Å². The molecule has 0 aliphatic heterocycles. The van der Waals surface area contributed by atoms with E-state index in [-0.39, 0.29) is 0 Å². The van der Waals surface area contributed by atoms with Gasteiger partial charge in [0.05, 0.1) is 0 Å². The normalized spacial score (nSPS) is 13.9. The first-order valence-electron chi connectivity index (χ1n) is 11.5. The van der Waals surface area contributed by atoms with E-state index in [2.05, 4.69) is 13.8 Å². The Balaban J connectivity index is 3.38. The minimum absolute atomic E-state index is 0.352. The summed E-state index contributed by atoms with van der Waals surface area (Å²) in [7, 11) is 0. The monoisotopic (exact) mass is 371 g/mol. The molecule has 0 heterocycles. The van der Waals surface area contributed by atoms with E-state index >= 15 is 0 Å². The SMILES string of the molecule is CCCCCCCCCCCCCSC(CCCCCCC)C(C)[O]. The average Bonchev–Trinajstić information content (AvgIpc) is 2.60. The Morgan fingerprint density at radius 2 is 1.00 bits per heavy atom. The van der Waals surface area contributed by atoms with Crippen LogP contribution in [0.2, 0.25) is 0 Å². The maximum Gasteiger partial charge on any atom is 0.102 e. The van der Waals surface area contributed by atoms with Crippen LogP contribution in [-0.4, -0.2) is 17.1 Å². The lowest BCUT2D eigenvalue weighted by Gasteiger charge is -2.18. The molecule has 0 amide bonds. The smallest absolute Gasteiger partial charge is 0.102 e. The summed E-state index contributed by atoms with van der Waals surface area (Å²) in [6, 6.07) is 0. The quantitative estimate of drug-likeness (QED) is 0.196. The fourth-order valence-electron chi connectivity index (χ4n) is 3.40. The highest BCUT2D eigenvalue weighted by Crippen LogP contribution is 2.24. The van der Waals surface area contributed by atoms with Crippen molar-refractivity contribution < 1.29 is 5.11 Å². The Kier molecular flexibility index (Phi) is 20.9. The topological polar surface area (TPSA) is 19.9 Å². The molecule has 2 unspecified atom stereocenters. The first kappa shape index (κ1) is 25.3. The van der Waals surface area contributed by atoms with Crippen molar-refractivity contribution in [3.8, 4) is 0 Å². The zero-order chi connectivity index (χ0) is 18.6. The third-order valence-electron chi connectivity index (χ3n) is 5.20. The zero-order valence-electron chi connectivity index (χ0n) is 17.7. The molecule has 0 aromatic carbocycles. The number of thioether (sulfide) groups is 1. The molecule has 1 nitrogen and oxygen atoms in total. The van der Waals surface area contributed by atoms with E-state index in [0.29, 0.717) is 5.25 Å². The maximum absolute atomic E-state index is 11.9. The summed E-state index contributed by atoms with van der Waals surface area (Å²) in [6.45, 7) is 6.40. The lowest BCUT2D eigenvalue weighted by molar-refractivity contribution is 0.100. The molecule has 0 aliphatic carbocycles. The summed E-state index contributed by atoms with van der Waals surface area (Å²) in [6.07, 6.45) is 22.7. The van der Waals surface area contributed by atoms with Crippen LogP contribution in [0.4, 0.5) is 0 Å². The Morgan fingerprint density at radius 3 is 1.44 bits per heavy atom. The largest absolute Gasteiger partial charge is 0.232 e. The van der Waals surface area contributed by atoms with Gasteiger partial charge in [-0.3, -0.25) is 0 Å². The second-order valence-corrected chi connectivity index (χ2v) is 9.20. The fourth-order valence-corrected chi connectivity index (χ4v) is 4.68. The molecule has 0 aromatic rings. The van der Waals surface area contributed by atoms with E-state index in [9.17, 15) is 5.11 Å². The number of hydrogen-bond acceptors (Lipinski definition) is 1. The standard InChI is InChI=1S/C23H47OS/c1-4-6-8-10-11-12-13-14-15-17-19-21-25-23(22(3)24)20-18-16-9-7-5-2/h22-23H,4-21H2,1-3H3. The maximum atomic E-state index is 11.9. The van der Waals surface area contributed by atoms with Crippen molar-refractivity contribution >= 4 is 11.8 Å². The summed E-state index contributed by atoms with van der Waals surface area (Å²) in [4.78, 5) is 0. The molecule has 0 bridgehead atoms. The number of unbranched alkanes of at least 4 members (excludes halogenated alkanes) is 14. The Labute approximate surface area is 164 Å². The molecule has 1 radical (unpaired) electrons. The Hall–Kier alpha value is 0.310. The Bertz CT molecular complexity index is 242. The van der Waals surface area contributed by atoms with Gasteiger partial charge < -0.3 is 0 Å². The van der Waals surface area contributed by atoms with E-state index in [1.54, 1.807) is 0 Å². The fraction of sp³-hybridized carbons (Fsp3) is 1.00. The molecular weight excluding hydrogens is 324 g/mol. The van der Waals surface area contributed by atoms with Gasteiger partial charge in [0, 0.05) is 5.25 Å². The van der Waals surface area contributed by atoms with Crippen molar-refractivity contribution in [3.05, 3.63) is 0 Å². The molecule has 0 spiro atoms. The molecule has 0 aliphatic rings. The van der Waals surface area contributed by atoms with Crippen molar-refractivity contribution in [1.29, 1.82) is 0 Å². The first-order valence-corrected chi connectivity index (χ1v) is 12.5. The van der Waals surface area contributed by atoms with Gasteiger partial charge in [0.2, 0.25) is 0 Å². The second-order valence-electron chi connectivity index (χ2n) is 7.85. The van der Waals surface area contributed by atoms with E-state index < -0.39 is 6.10 Å². The molecule has 0 aromatic heterocycles. The number of rotatable bonds is 20. The van der Waals surface area contributed by atoms with Crippen LogP contribution in [0.1, 0.15) is 130 Å². The molecule has 2 atom stereocenters. The molecule has 25 heavy (non-hydrogen) atoms. The summed E-state index contributed by atoms with van der Waals surface area (Å²) in [5, 5.41) is 12.2. The molecular formula is C23H47OS. The molecule has 0 N–H and O–H groups in total. The predicted octanol–water partition coefficient (Wildman–Crippen LogP) is 8.58. The molecule has 151 valence electrons. The van der Waals surface area contributed by atoms with E-state index in [4.69, 9.17) is 0 Å². The third kappa shape index (κ3) is 18.9. The summed E-state index contributed by atoms with van der Waals surface area (Å²) in [5.41, 5.74) is 0. The highest BCUT2D eigenvalue weighted by molar-refractivity contribution is 7.99. The van der Waals surface area contributed by atoms with Crippen molar-refractivity contribution in [1.82, 2.24) is 0 Å². The van der Waals surface area contributed by atoms with Crippen molar-refractivity contribution in [2.24, 2.45) is 0 Å². The van der Waals surface area contributed by atoms with Gasteiger partial charge in [0.1, 0.15) is 6.10 Å². The van der Waals surface area contributed by atoms with Gasteiger partial charge in [-0.1, -0.05) is 110 Å². The average molecular weight is 372 g/mol. The summed E-state index contributed by atoms with van der Waals surface area (Å²) in [5.74, 6) is 1.20. The number of hydrogen-bond donors (Lipinski definition) is 0. The van der Waals surface area contributed by atoms with Gasteiger partial charge >= 0.3 is 0 Å². The molecule has 0 saturated heterocycles. The van der Waals surface area contributed by atoms with E-state index in [1.165, 1.54) is 108 Å². The second kappa shape index (κ2) is 20.6. The predicted molar refractivity (Wildman–Crippen MR) is 116 cm³/mol. The van der Waals surface area contributed by atoms with Crippen molar-refractivity contribution in [3.63, 3.8) is 0 Å².